The lowest BCUT2D eigenvalue weighted by atomic mass is 9.98. The van der Waals surface area contributed by atoms with E-state index in [-0.39, 0.29) is 0 Å². The van der Waals surface area contributed by atoms with Gasteiger partial charge in [0.05, 0.1) is 0 Å². The van der Waals surface area contributed by atoms with Crippen LogP contribution in [-0.2, 0) is 0 Å². The summed E-state index contributed by atoms with van der Waals surface area (Å²) in [5, 5.41) is 8.70. The molecule has 0 saturated carbocycles. The summed E-state index contributed by atoms with van der Waals surface area (Å²) in [6.07, 6.45) is 0. The molecule has 0 saturated heterocycles. The minimum Gasteiger partial charge on any atom is -0.455 e. The van der Waals surface area contributed by atoms with Crippen LogP contribution in [-0.4, -0.2) is 15.0 Å². The van der Waals surface area contributed by atoms with Gasteiger partial charge in [-0.15, -0.1) is 0 Å². The quantitative estimate of drug-likeness (QED) is 0.179. The van der Waals surface area contributed by atoms with E-state index in [2.05, 4.69) is 176 Å². The molecular formula is C51H31N3O. The lowest BCUT2D eigenvalue weighted by Crippen LogP contribution is -2.01. The van der Waals surface area contributed by atoms with Gasteiger partial charge in [0.25, 0.3) is 0 Å². The summed E-state index contributed by atoms with van der Waals surface area (Å²) in [5.74, 6) is 1.85. The number of furan rings is 1. The van der Waals surface area contributed by atoms with Crippen LogP contribution in [0.5, 0.6) is 0 Å². The van der Waals surface area contributed by atoms with Gasteiger partial charge in [0.2, 0.25) is 0 Å². The van der Waals surface area contributed by atoms with Crippen molar-refractivity contribution in [2.24, 2.45) is 0 Å². The summed E-state index contributed by atoms with van der Waals surface area (Å²) in [6.45, 7) is 0. The molecule has 0 fully saturated rings. The minimum atomic E-state index is 0.611. The molecule has 0 N–H and O–H groups in total. The highest BCUT2D eigenvalue weighted by atomic mass is 16.3. The molecule has 0 atom stereocenters. The number of aromatic nitrogens is 3. The Morgan fingerprint density at radius 1 is 0.291 bits per heavy atom. The Morgan fingerprint density at radius 2 is 0.782 bits per heavy atom. The van der Waals surface area contributed by atoms with Crippen LogP contribution in [0.4, 0.5) is 0 Å². The van der Waals surface area contributed by atoms with Gasteiger partial charge in [0.1, 0.15) is 11.2 Å². The van der Waals surface area contributed by atoms with Crippen molar-refractivity contribution in [3.63, 3.8) is 0 Å². The Bertz CT molecular complexity index is 3260. The second-order valence-electron chi connectivity index (χ2n) is 14.0. The molecule has 0 spiro atoms. The zero-order chi connectivity index (χ0) is 36.3. The van der Waals surface area contributed by atoms with Crippen LogP contribution >= 0.6 is 0 Å². The largest absolute Gasteiger partial charge is 0.455 e. The number of rotatable bonds is 5. The molecule has 0 unspecified atom stereocenters. The van der Waals surface area contributed by atoms with Crippen LogP contribution in [0.2, 0.25) is 0 Å². The number of fused-ring (bicyclic) bond motifs is 7. The monoisotopic (exact) mass is 701 g/mol. The van der Waals surface area contributed by atoms with E-state index in [1.807, 2.05) is 12.1 Å². The topological polar surface area (TPSA) is 51.8 Å². The van der Waals surface area contributed by atoms with E-state index in [4.69, 9.17) is 19.4 Å². The van der Waals surface area contributed by atoms with Crippen molar-refractivity contribution in [1.29, 1.82) is 0 Å². The molecule has 11 rings (SSSR count). The first kappa shape index (κ1) is 31.1. The van der Waals surface area contributed by atoms with Gasteiger partial charge in [-0.1, -0.05) is 152 Å². The molecule has 2 aromatic heterocycles. The van der Waals surface area contributed by atoms with Crippen molar-refractivity contribution >= 4 is 54.3 Å². The van der Waals surface area contributed by atoms with Crippen molar-refractivity contribution in [3.8, 4) is 56.4 Å². The normalized spacial score (nSPS) is 11.6. The van der Waals surface area contributed by atoms with Gasteiger partial charge >= 0.3 is 0 Å². The highest BCUT2D eigenvalue weighted by Gasteiger charge is 2.20. The maximum atomic E-state index is 6.60. The molecule has 0 aliphatic rings. The van der Waals surface area contributed by atoms with E-state index in [0.717, 1.165) is 76.7 Å². The first-order valence-electron chi connectivity index (χ1n) is 18.5. The van der Waals surface area contributed by atoms with Crippen LogP contribution in [0, 0.1) is 0 Å². The smallest absolute Gasteiger partial charge is 0.164 e. The third-order valence-corrected chi connectivity index (χ3v) is 10.7. The first-order valence-corrected chi connectivity index (χ1v) is 18.5. The van der Waals surface area contributed by atoms with Crippen LogP contribution in [0.15, 0.2) is 192 Å². The molecule has 0 aliphatic heterocycles. The predicted molar refractivity (Wildman–Crippen MR) is 227 cm³/mol. The molecule has 0 bridgehead atoms. The Kier molecular flexibility index (Phi) is 7.14. The fraction of sp³-hybridized carbons (Fsp3) is 0. The molecule has 4 heteroatoms. The highest BCUT2D eigenvalue weighted by Crippen LogP contribution is 2.41. The Labute approximate surface area is 317 Å². The summed E-state index contributed by atoms with van der Waals surface area (Å²) >= 11 is 0. The van der Waals surface area contributed by atoms with Gasteiger partial charge in [-0.05, 0) is 85.6 Å². The van der Waals surface area contributed by atoms with Crippen LogP contribution in [0.3, 0.4) is 0 Å². The summed E-state index contributed by atoms with van der Waals surface area (Å²) < 4.78 is 6.60. The number of hydrogen-bond acceptors (Lipinski definition) is 4. The molecule has 256 valence electrons. The van der Waals surface area contributed by atoms with Crippen molar-refractivity contribution in [2.45, 2.75) is 0 Å². The van der Waals surface area contributed by atoms with Gasteiger partial charge < -0.3 is 4.42 Å². The summed E-state index contributed by atoms with van der Waals surface area (Å²) in [5.41, 5.74) is 9.17. The van der Waals surface area contributed by atoms with Crippen LogP contribution in [0.1, 0.15) is 0 Å². The van der Waals surface area contributed by atoms with E-state index in [1.54, 1.807) is 0 Å². The van der Waals surface area contributed by atoms with Crippen molar-refractivity contribution in [2.75, 3.05) is 0 Å². The SMILES string of the molecule is c1ccc(-c2ccc3cc(-c4nc(-c5ccc6ccccc6c5)nc(-c5cc6c7cc(-c8ccccc8)ccc7oc6c6ccccc56)n4)ccc3c2)cc1. The zero-order valence-electron chi connectivity index (χ0n) is 29.6. The lowest BCUT2D eigenvalue weighted by molar-refractivity contribution is 0.673. The molecule has 11 aromatic rings. The maximum Gasteiger partial charge on any atom is 0.164 e. The molecule has 2 heterocycles. The van der Waals surface area contributed by atoms with Gasteiger partial charge in [-0.3, -0.25) is 0 Å². The predicted octanol–water partition coefficient (Wildman–Crippen LogP) is 13.6. The van der Waals surface area contributed by atoms with E-state index in [0.29, 0.717) is 17.5 Å². The third-order valence-electron chi connectivity index (χ3n) is 10.7. The van der Waals surface area contributed by atoms with E-state index < -0.39 is 0 Å². The number of nitrogens with zero attached hydrogens (tertiary/aromatic N) is 3. The second-order valence-corrected chi connectivity index (χ2v) is 14.0. The van der Waals surface area contributed by atoms with Crippen molar-refractivity contribution in [3.05, 3.63) is 188 Å². The molecule has 0 radical (unpaired) electrons. The van der Waals surface area contributed by atoms with E-state index in [9.17, 15) is 0 Å². The number of benzene rings is 9. The summed E-state index contributed by atoms with van der Waals surface area (Å²) in [6, 6.07) is 65.8. The number of hydrogen-bond donors (Lipinski definition) is 0. The fourth-order valence-electron chi connectivity index (χ4n) is 7.87. The third kappa shape index (κ3) is 5.43. The minimum absolute atomic E-state index is 0.611. The zero-order valence-corrected chi connectivity index (χ0v) is 29.6. The molecular weight excluding hydrogens is 671 g/mol. The summed E-state index contributed by atoms with van der Waals surface area (Å²) in [4.78, 5) is 15.7. The van der Waals surface area contributed by atoms with Gasteiger partial charge in [0.15, 0.2) is 17.5 Å². The lowest BCUT2D eigenvalue weighted by Gasteiger charge is -2.12. The molecule has 0 amide bonds. The molecule has 4 nitrogen and oxygen atoms in total. The van der Waals surface area contributed by atoms with Gasteiger partial charge in [0, 0.05) is 32.8 Å². The van der Waals surface area contributed by atoms with Crippen LogP contribution < -0.4 is 0 Å². The Hall–Kier alpha value is -7.43. The maximum absolute atomic E-state index is 6.60. The Balaban J connectivity index is 1.13. The van der Waals surface area contributed by atoms with Gasteiger partial charge in [-0.2, -0.15) is 0 Å². The average Bonchev–Trinajstić information content (AvgIpc) is 3.64. The van der Waals surface area contributed by atoms with E-state index >= 15 is 0 Å². The molecule has 55 heavy (non-hydrogen) atoms. The fourth-order valence-corrected chi connectivity index (χ4v) is 7.87. The Morgan fingerprint density at radius 3 is 1.47 bits per heavy atom. The van der Waals surface area contributed by atoms with Crippen molar-refractivity contribution < 1.29 is 4.42 Å². The standard InChI is InChI=1S/C51H31N3O/c1-3-11-32(12-4-1)36-20-21-38-29-41(24-22-37(38)27-36)50-52-49(40-23-19-34-15-7-8-16-35(34)28-40)53-51(54-50)46-31-45-44-30-39(33-13-5-2-6-14-33)25-26-47(44)55-48(45)43-18-10-9-17-42(43)46/h1-31H. The van der Waals surface area contributed by atoms with Gasteiger partial charge in [-0.25, -0.2) is 15.0 Å². The van der Waals surface area contributed by atoms with Crippen molar-refractivity contribution in [1.82, 2.24) is 15.0 Å². The second kappa shape index (κ2) is 12.6. The average molecular weight is 702 g/mol. The highest BCUT2D eigenvalue weighted by molar-refractivity contribution is 6.19. The first-order chi connectivity index (χ1) is 27.2. The summed E-state index contributed by atoms with van der Waals surface area (Å²) in [7, 11) is 0. The van der Waals surface area contributed by atoms with E-state index in [1.165, 1.54) is 16.5 Å². The molecule has 0 aliphatic carbocycles. The molecule has 9 aromatic carbocycles. The van der Waals surface area contributed by atoms with Crippen LogP contribution in [0.25, 0.3) is 111 Å².